The van der Waals surface area contributed by atoms with Crippen LogP contribution in [-0.2, 0) is 9.53 Å². The van der Waals surface area contributed by atoms with Crippen LogP contribution in [0.5, 0.6) is 0 Å². The zero-order chi connectivity index (χ0) is 25.4. The second-order valence-electron chi connectivity index (χ2n) is 14.8. The van der Waals surface area contributed by atoms with Crippen LogP contribution in [0.1, 0.15) is 80.6 Å². The summed E-state index contributed by atoms with van der Waals surface area (Å²) in [4.78, 5) is 33.0. The van der Waals surface area contributed by atoms with Gasteiger partial charge in [0, 0.05) is 39.3 Å². The summed E-state index contributed by atoms with van der Waals surface area (Å²) in [6.45, 7) is 20.6. The summed E-state index contributed by atoms with van der Waals surface area (Å²) in [5.74, 6) is 1.75. The van der Waals surface area contributed by atoms with Gasteiger partial charge in [0.2, 0.25) is 5.91 Å². The van der Waals surface area contributed by atoms with Crippen molar-refractivity contribution in [3.8, 4) is 0 Å². The van der Waals surface area contributed by atoms with Gasteiger partial charge in [-0.1, -0.05) is 39.3 Å². The molecule has 4 bridgehead atoms. The summed E-state index contributed by atoms with van der Waals surface area (Å²) in [5.41, 5.74) is 1.75. The number of rotatable bonds is 3. The van der Waals surface area contributed by atoms with Crippen molar-refractivity contribution in [2.75, 3.05) is 39.3 Å². The lowest BCUT2D eigenvalue weighted by molar-refractivity contribution is -0.149. The number of ether oxygens (including phenoxy) is 1. The summed E-state index contributed by atoms with van der Waals surface area (Å²) in [6, 6.07) is -0.381. The molecule has 0 N–H and O–H groups in total. The third kappa shape index (κ3) is 4.65. The molecular formula is C29H47N3O3. The van der Waals surface area contributed by atoms with Crippen molar-refractivity contribution < 1.29 is 14.3 Å². The first-order valence-electron chi connectivity index (χ1n) is 13.9. The van der Waals surface area contributed by atoms with E-state index in [0.717, 1.165) is 63.8 Å². The average molecular weight is 486 g/mol. The molecule has 6 rings (SSSR count). The minimum atomic E-state index is -0.552. The molecule has 5 atom stereocenters. The van der Waals surface area contributed by atoms with Crippen LogP contribution < -0.4 is 0 Å². The van der Waals surface area contributed by atoms with Crippen molar-refractivity contribution >= 4 is 12.0 Å². The van der Waals surface area contributed by atoms with Crippen LogP contribution in [0, 0.1) is 28.1 Å². The molecule has 3 aliphatic carbocycles. The van der Waals surface area contributed by atoms with Crippen molar-refractivity contribution in [3.05, 3.63) is 11.6 Å². The predicted octanol–water partition coefficient (Wildman–Crippen LogP) is 4.94. The van der Waals surface area contributed by atoms with Crippen LogP contribution in [0.3, 0.4) is 0 Å². The van der Waals surface area contributed by atoms with E-state index in [1.54, 1.807) is 10.5 Å². The SMILES string of the molecule is CC12CN(CC3=CC[C@H]4C[C@@H]3C4(C)C)CC(C)(CN(C(=O)[C@@H]3CCCN3C(=O)OC(C)(C)C)C1)C2. The smallest absolute Gasteiger partial charge is 0.410 e. The first-order valence-corrected chi connectivity index (χ1v) is 13.9. The summed E-state index contributed by atoms with van der Waals surface area (Å²) >= 11 is 0. The molecule has 0 spiro atoms. The maximum Gasteiger partial charge on any atom is 0.410 e. The monoisotopic (exact) mass is 485 g/mol. The molecule has 196 valence electrons. The van der Waals surface area contributed by atoms with Crippen molar-refractivity contribution in [2.24, 2.45) is 28.1 Å². The third-order valence-electron chi connectivity index (χ3n) is 9.68. The standard InChI is InChI=1S/C29H47N3O3/c1-26(2,3)35-25(34)32-12-8-9-23(32)24(33)31-18-28(6)15-29(7,19-31)17-30(16-28)14-20-10-11-21-13-22(20)27(21,4)5/h10,21-23H,8-9,11-19H2,1-7H3/t21-,22-,23-,28?,29?/m0/s1. The Morgan fingerprint density at radius 2 is 1.71 bits per heavy atom. The molecule has 6 aliphatic rings. The molecule has 3 aliphatic heterocycles. The van der Waals surface area contributed by atoms with E-state index in [0.29, 0.717) is 12.0 Å². The molecule has 2 amide bonds. The summed E-state index contributed by atoms with van der Waals surface area (Å²) < 4.78 is 5.62. The minimum Gasteiger partial charge on any atom is -0.444 e. The van der Waals surface area contributed by atoms with Gasteiger partial charge in [-0.2, -0.15) is 0 Å². The van der Waals surface area contributed by atoms with E-state index in [1.807, 2.05) is 20.8 Å². The minimum absolute atomic E-state index is 0.0865. The van der Waals surface area contributed by atoms with E-state index >= 15 is 0 Å². The van der Waals surface area contributed by atoms with Crippen molar-refractivity contribution in [1.29, 1.82) is 0 Å². The molecule has 6 heteroatoms. The van der Waals surface area contributed by atoms with Crippen LogP contribution in [-0.4, -0.2) is 77.6 Å². The fourth-order valence-electron chi connectivity index (χ4n) is 8.42. The summed E-state index contributed by atoms with van der Waals surface area (Å²) in [5, 5.41) is 0. The number of hydrogen-bond donors (Lipinski definition) is 0. The summed E-state index contributed by atoms with van der Waals surface area (Å²) in [7, 11) is 0. The van der Waals surface area contributed by atoms with Gasteiger partial charge in [0.05, 0.1) is 0 Å². The number of amides is 2. The Bertz CT molecular complexity index is 901. The van der Waals surface area contributed by atoms with Gasteiger partial charge < -0.3 is 9.64 Å². The molecule has 4 fully saturated rings. The van der Waals surface area contributed by atoms with Gasteiger partial charge in [-0.05, 0) is 81.0 Å². The van der Waals surface area contributed by atoms with Gasteiger partial charge in [-0.3, -0.25) is 14.6 Å². The molecule has 0 aromatic carbocycles. The Balaban J connectivity index is 1.26. The van der Waals surface area contributed by atoms with E-state index < -0.39 is 5.60 Å². The zero-order valence-electron chi connectivity index (χ0n) is 23.2. The van der Waals surface area contributed by atoms with Gasteiger partial charge in [-0.15, -0.1) is 0 Å². The van der Waals surface area contributed by atoms with Gasteiger partial charge in [-0.25, -0.2) is 4.79 Å². The Morgan fingerprint density at radius 1 is 1.06 bits per heavy atom. The largest absolute Gasteiger partial charge is 0.444 e. The highest BCUT2D eigenvalue weighted by atomic mass is 16.6. The highest BCUT2D eigenvalue weighted by Gasteiger charge is 2.54. The summed E-state index contributed by atoms with van der Waals surface area (Å²) in [6.07, 6.45) is 7.57. The van der Waals surface area contributed by atoms with Crippen LogP contribution >= 0.6 is 0 Å². The maximum absolute atomic E-state index is 13.8. The second kappa shape index (κ2) is 8.22. The number of allylic oxidation sites excluding steroid dienone is 1. The topological polar surface area (TPSA) is 53.1 Å². The van der Waals surface area contributed by atoms with Crippen LogP contribution in [0.2, 0.25) is 0 Å². The van der Waals surface area contributed by atoms with Crippen molar-refractivity contribution in [2.45, 2.75) is 92.2 Å². The predicted molar refractivity (Wildman–Crippen MR) is 138 cm³/mol. The van der Waals surface area contributed by atoms with Gasteiger partial charge in [0.25, 0.3) is 0 Å². The number of piperidine rings is 2. The molecule has 3 heterocycles. The van der Waals surface area contributed by atoms with E-state index in [2.05, 4.69) is 43.6 Å². The van der Waals surface area contributed by atoms with E-state index in [4.69, 9.17) is 4.74 Å². The number of nitrogens with zero attached hydrogens (tertiary/aromatic N) is 3. The molecule has 35 heavy (non-hydrogen) atoms. The number of carbonyl (C=O) groups excluding carboxylic acids is 2. The van der Waals surface area contributed by atoms with Gasteiger partial charge in [0.1, 0.15) is 11.6 Å². The zero-order valence-corrected chi connectivity index (χ0v) is 23.2. The number of carbonyl (C=O) groups is 2. The van der Waals surface area contributed by atoms with Crippen LogP contribution in [0.15, 0.2) is 11.6 Å². The molecule has 1 saturated carbocycles. The molecule has 6 nitrogen and oxygen atoms in total. The van der Waals surface area contributed by atoms with E-state index in [-0.39, 0.29) is 28.9 Å². The molecule has 3 saturated heterocycles. The van der Waals surface area contributed by atoms with Gasteiger partial charge >= 0.3 is 6.09 Å². The van der Waals surface area contributed by atoms with Gasteiger partial charge in [0.15, 0.2) is 0 Å². The lowest BCUT2D eigenvalue weighted by Crippen LogP contribution is -2.65. The third-order valence-corrected chi connectivity index (χ3v) is 9.68. The highest BCUT2D eigenvalue weighted by Crippen LogP contribution is 2.59. The molecule has 0 aromatic rings. The Labute approximate surface area is 212 Å². The van der Waals surface area contributed by atoms with E-state index in [9.17, 15) is 9.59 Å². The fourth-order valence-corrected chi connectivity index (χ4v) is 8.42. The molecule has 2 unspecified atom stereocenters. The Morgan fingerprint density at radius 3 is 2.29 bits per heavy atom. The lowest BCUT2D eigenvalue weighted by Gasteiger charge is -2.59. The highest BCUT2D eigenvalue weighted by molar-refractivity contribution is 5.86. The van der Waals surface area contributed by atoms with Crippen LogP contribution in [0.4, 0.5) is 4.79 Å². The first-order chi connectivity index (χ1) is 16.2. The second-order valence-corrected chi connectivity index (χ2v) is 14.8. The molecular weight excluding hydrogens is 438 g/mol. The van der Waals surface area contributed by atoms with Crippen molar-refractivity contribution in [1.82, 2.24) is 14.7 Å². The van der Waals surface area contributed by atoms with Crippen molar-refractivity contribution in [3.63, 3.8) is 0 Å². The molecule has 0 aromatic heterocycles. The fraction of sp³-hybridized carbons (Fsp3) is 0.862. The van der Waals surface area contributed by atoms with E-state index in [1.165, 1.54) is 12.8 Å². The maximum atomic E-state index is 13.8. The van der Waals surface area contributed by atoms with Crippen LogP contribution in [0.25, 0.3) is 0 Å². The first kappa shape index (κ1) is 25.1. The normalized spacial score (nSPS) is 38.6. The average Bonchev–Trinajstić information content (AvgIpc) is 3.20. The Kier molecular flexibility index (Phi) is 5.90. The lowest BCUT2D eigenvalue weighted by atomic mass is 9.49. The number of hydrogen-bond acceptors (Lipinski definition) is 4. The number of likely N-dealkylation sites (tertiary alicyclic amines) is 3. The quantitative estimate of drug-likeness (QED) is 0.532. The molecule has 0 radical (unpaired) electrons. The number of fused-ring (bicyclic) bond motifs is 3. The Hall–Kier alpha value is -1.56.